The SMILES string of the molecule is CC(C)[N-]C(C)C.CC(C)[N-]C(C)C.[Cl-].[Cl-].[Ti+4]. The summed E-state index contributed by atoms with van der Waals surface area (Å²) < 4.78 is 0. The number of hydrogen-bond acceptors (Lipinski definition) is 0. The predicted molar refractivity (Wildman–Crippen MR) is 67.3 cm³/mol. The molecule has 0 aliphatic carbocycles. The van der Waals surface area contributed by atoms with E-state index in [-0.39, 0.29) is 46.5 Å². The van der Waals surface area contributed by atoms with E-state index >= 15 is 0 Å². The third-order valence-electron chi connectivity index (χ3n) is 1.19. The van der Waals surface area contributed by atoms with Gasteiger partial charge in [-0.05, 0) is 0 Å². The molecule has 0 aromatic heterocycles. The molecular weight excluding hydrogens is 291 g/mol. The van der Waals surface area contributed by atoms with Crippen molar-refractivity contribution < 1.29 is 46.5 Å². The van der Waals surface area contributed by atoms with Crippen LogP contribution in [0.15, 0.2) is 0 Å². The Morgan fingerprint density at radius 3 is 0.588 bits per heavy atom. The van der Waals surface area contributed by atoms with Crippen molar-refractivity contribution in [3.05, 3.63) is 10.6 Å². The first kappa shape index (κ1) is 30.9. The van der Waals surface area contributed by atoms with Gasteiger partial charge in [0.1, 0.15) is 0 Å². The third kappa shape index (κ3) is 46.9. The number of halogens is 2. The molecule has 0 radical (unpaired) electrons. The number of rotatable bonds is 4. The Balaban J connectivity index is -0.0000000480. The van der Waals surface area contributed by atoms with Crippen molar-refractivity contribution >= 4 is 0 Å². The van der Waals surface area contributed by atoms with Gasteiger partial charge in [-0.1, -0.05) is 55.4 Å². The van der Waals surface area contributed by atoms with Crippen molar-refractivity contribution in [2.45, 2.75) is 79.6 Å². The Kier molecular flexibility index (Phi) is 35.5. The van der Waals surface area contributed by atoms with Crippen molar-refractivity contribution in [1.82, 2.24) is 0 Å². The van der Waals surface area contributed by atoms with E-state index in [2.05, 4.69) is 66.0 Å². The summed E-state index contributed by atoms with van der Waals surface area (Å²) in [4.78, 5) is 0. The molecule has 0 spiro atoms. The quantitative estimate of drug-likeness (QED) is 0.556. The zero-order valence-corrected chi connectivity index (χ0v) is 15.5. The molecule has 104 valence electrons. The zero-order chi connectivity index (χ0) is 11.7. The van der Waals surface area contributed by atoms with Gasteiger partial charge in [0.15, 0.2) is 0 Å². The normalized spacial score (nSPS) is 9.18. The van der Waals surface area contributed by atoms with Crippen LogP contribution in [0, 0.1) is 0 Å². The van der Waals surface area contributed by atoms with Gasteiger partial charge in [0.25, 0.3) is 0 Å². The molecular formula is C12H28Cl2N2Ti. The van der Waals surface area contributed by atoms with E-state index in [1.807, 2.05) is 0 Å². The fourth-order valence-corrected chi connectivity index (χ4v) is 1.19. The molecule has 0 atom stereocenters. The molecule has 0 bridgehead atoms. The molecule has 0 amide bonds. The van der Waals surface area contributed by atoms with Gasteiger partial charge in [0.2, 0.25) is 0 Å². The molecule has 5 heteroatoms. The van der Waals surface area contributed by atoms with Crippen molar-refractivity contribution in [1.29, 1.82) is 0 Å². The van der Waals surface area contributed by atoms with Gasteiger partial charge in [-0.25, -0.2) is 0 Å². The van der Waals surface area contributed by atoms with Crippen molar-refractivity contribution in [3.8, 4) is 0 Å². The number of hydrogen-bond donors (Lipinski definition) is 0. The van der Waals surface area contributed by atoms with E-state index in [1.165, 1.54) is 0 Å². The van der Waals surface area contributed by atoms with E-state index in [9.17, 15) is 0 Å². The van der Waals surface area contributed by atoms with Crippen LogP contribution < -0.4 is 24.8 Å². The van der Waals surface area contributed by atoms with Crippen molar-refractivity contribution in [2.75, 3.05) is 0 Å². The number of nitrogens with zero attached hydrogens (tertiary/aromatic N) is 2. The standard InChI is InChI=1S/2C6H14N.2ClH.Ti/c2*1-5(2)7-6(3)4;;;/h2*5-6H,1-4H3;2*1H;/q2*-1;;;+4/p-2. The summed E-state index contributed by atoms with van der Waals surface area (Å²) in [6, 6.07) is 2.00. The third-order valence-corrected chi connectivity index (χ3v) is 1.19. The maximum absolute atomic E-state index is 4.28. The average Bonchev–Trinajstić information content (AvgIpc) is 1.79. The minimum atomic E-state index is 0. The largest absolute Gasteiger partial charge is 4.00 e. The van der Waals surface area contributed by atoms with Crippen LogP contribution in [0.3, 0.4) is 0 Å². The smallest absolute Gasteiger partial charge is 1.00 e. The molecule has 0 rings (SSSR count). The topological polar surface area (TPSA) is 28.2 Å². The van der Waals surface area contributed by atoms with Gasteiger partial charge in [0, 0.05) is 0 Å². The van der Waals surface area contributed by atoms with E-state index in [0.29, 0.717) is 24.2 Å². The van der Waals surface area contributed by atoms with Crippen LogP contribution in [0.4, 0.5) is 0 Å². The summed E-state index contributed by atoms with van der Waals surface area (Å²) in [6.45, 7) is 16.8. The van der Waals surface area contributed by atoms with E-state index in [0.717, 1.165) is 0 Å². The summed E-state index contributed by atoms with van der Waals surface area (Å²) in [5.41, 5.74) is 0. The summed E-state index contributed by atoms with van der Waals surface area (Å²) in [6.07, 6.45) is 0. The summed E-state index contributed by atoms with van der Waals surface area (Å²) in [5.74, 6) is 0. The van der Waals surface area contributed by atoms with Gasteiger partial charge >= 0.3 is 21.7 Å². The summed E-state index contributed by atoms with van der Waals surface area (Å²) >= 11 is 0. The van der Waals surface area contributed by atoms with Crippen LogP contribution in [-0.4, -0.2) is 24.2 Å². The molecule has 0 unspecified atom stereocenters. The zero-order valence-electron chi connectivity index (χ0n) is 12.5. The second-order valence-corrected chi connectivity index (χ2v) is 4.67. The maximum Gasteiger partial charge on any atom is 4.00 e. The fourth-order valence-electron chi connectivity index (χ4n) is 1.19. The second-order valence-electron chi connectivity index (χ2n) is 4.67. The Labute approximate surface area is 136 Å². The molecule has 17 heavy (non-hydrogen) atoms. The molecule has 0 N–H and O–H groups in total. The molecule has 0 aromatic rings. The van der Waals surface area contributed by atoms with Crippen molar-refractivity contribution in [3.63, 3.8) is 0 Å². The first-order valence-electron chi connectivity index (χ1n) is 5.65. The molecule has 2 nitrogen and oxygen atoms in total. The summed E-state index contributed by atoms with van der Waals surface area (Å²) in [5, 5.41) is 8.56. The van der Waals surface area contributed by atoms with Crippen LogP contribution in [0.1, 0.15) is 55.4 Å². The maximum atomic E-state index is 4.28. The van der Waals surface area contributed by atoms with Gasteiger partial charge < -0.3 is 35.4 Å². The molecule has 0 aliphatic rings. The second kappa shape index (κ2) is 19.6. The van der Waals surface area contributed by atoms with E-state index in [4.69, 9.17) is 0 Å². The van der Waals surface area contributed by atoms with E-state index in [1.54, 1.807) is 0 Å². The minimum Gasteiger partial charge on any atom is -1.00 e. The monoisotopic (exact) mass is 318 g/mol. The Morgan fingerprint density at radius 1 is 0.471 bits per heavy atom. The first-order valence-corrected chi connectivity index (χ1v) is 5.65. The van der Waals surface area contributed by atoms with Gasteiger partial charge in [-0.2, -0.15) is 0 Å². The molecule has 0 aromatic carbocycles. The van der Waals surface area contributed by atoms with Crippen LogP contribution in [0.25, 0.3) is 10.6 Å². The van der Waals surface area contributed by atoms with Gasteiger partial charge in [0.05, 0.1) is 0 Å². The summed E-state index contributed by atoms with van der Waals surface area (Å²) in [7, 11) is 0. The average molecular weight is 319 g/mol. The molecule has 0 saturated carbocycles. The molecule has 0 fully saturated rings. The predicted octanol–water partition coefficient (Wildman–Crippen LogP) is -1.64. The Bertz CT molecular complexity index is 95.1. The first-order chi connectivity index (χ1) is 6.25. The minimum absolute atomic E-state index is 0. The fraction of sp³-hybridized carbons (Fsp3) is 1.00. The molecule has 0 saturated heterocycles. The molecule has 0 aliphatic heterocycles. The Hall–Kier alpha value is 1.21. The van der Waals surface area contributed by atoms with Crippen LogP contribution in [0.2, 0.25) is 0 Å². The van der Waals surface area contributed by atoms with Crippen LogP contribution >= 0.6 is 0 Å². The van der Waals surface area contributed by atoms with E-state index < -0.39 is 0 Å². The van der Waals surface area contributed by atoms with Gasteiger partial charge in [-0.3, -0.25) is 0 Å². The van der Waals surface area contributed by atoms with Crippen molar-refractivity contribution in [2.24, 2.45) is 0 Å². The van der Waals surface area contributed by atoms with Gasteiger partial charge in [-0.15, -0.1) is 24.2 Å². The molecule has 0 heterocycles. The Morgan fingerprint density at radius 2 is 0.588 bits per heavy atom. The van der Waals surface area contributed by atoms with Crippen LogP contribution in [0.5, 0.6) is 0 Å². The van der Waals surface area contributed by atoms with Crippen LogP contribution in [-0.2, 0) is 21.7 Å².